The summed E-state index contributed by atoms with van der Waals surface area (Å²) >= 11 is 3.48. The normalized spacial score (nSPS) is 23.0. The first-order chi connectivity index (χ1) is 27.2. The number of carbonyl (C=O) groups excluding carboxylic acids is 1. The van der Waals surface area contributed by atoms with E-state index in [1.165, 1.54) is 53.5 Å². The van der Waals surface area contributed by atoms with Gasteiger partial charge in [0.05, 0.1) is 33.8 Å². The molecule has 4 unspecified atom stereocenters. The van der Waals surface area contributed by atoms with Crippen molar-refractivity contribution < 1.29 is 32.8 Å². The van der Waals surface area contributed by atoms with Crippen molar-refractivity contribution >= 4 is 96.8 Å². The molecule has 8 nitrogen and oxygen atoms in total. The third-order valence-electron chi connectivity index (χ3n) is 11.6. The molecule has 3 aromatic rings. The topological polar surface area (TPSA) is 119 Å². The Morgan fingerprint density at radius 2 is 1.79 bits per heavy atom. The number of rotatable bonds is 12. The van der Waals surface area contributed by atoms with Crippen LogP contribution >= 0.6 is 23.1 Å². The van der Waals surface area contributed by atoms with Crippen LogP contribution in [0.3, 0.4) is 0 Å². The predicted molar refractivity (Wildman–Crippen MR) is 226 cm³/mol. The Hall–Kier alpha value is -4.10. The Morgan fingerprint density at radius 1 is 0.964 bits per heavy atom. The summed E-state index contributed by atoms with van der Waals surface area (Å²) in [5.74, 6) is -1.51. The van der Waals surface area contributed by atoms with Gasteiger partial charge < -0.3 is 19.9 Å². The van der Waals surface area contributed by atoms with Crippen molar-refractivity contribution in [2.45, 2.75) is 56.4 Å². The van der Waals surface area contributed by atoms with E-state index in [1.807, 2.05) is 0 Å². The standard InChI is InChI=1S/C44H42N2O6S4/c47-41(48)25-55(51)17-15-45-39(53-37-13-11-29-3-1-5-35(29)43(37)45)21-27-7-9-31-23-32-10-8-28(20-34(32)24-33(31)19-27)22-40-46(16-18-56(52)26-42(49)50)44-36-6-2-4-30(36)12-14-38(44)54-40/h1,4-6,11-14,19-22,24,31-32H,2-3,7-10,15-18,23,25-26H2,(H-,47,48,49,50). The van der Waals surface area contributed by atoms with Gasteiger partial charge in [-0.1, -0.05) is 77.8 Å². The maximum atomic E-state index is 12.6. The van der Waals surface area contributed by atoms with Crippen LogP contribution in [0.2, 0.25) is 0 Å². The molecule has 0 saturated heterocycles. The fourth-order valence-electron chi connectivity index (χ4n) is 9.06. The highest BCUT2D eigenvalue weighted by Gasteiger charge is 2.33. The van der Waals surface area contributed by atoms with Gasteiger partial charge in [-0.15, -0.1) is 0 Å². The molecule has 0 amide bonds. The SMILES string of the molecule is O=C([O-])CS(=O)CCN1/C(=C/C2=CC3=CC4=C/C(=C/c5sc6ccc7c(c6[n+]5CCS(=O)CC(=O)O)C=CC7)CCC4CC3CC2)Sc2ccc3c(c21)=CCC=3. The molecule has 56 heavy (non-hydrogen) atoms. The summed E-state index contributed by atoms with van der Waals surface area (Å²) in [6.07, 6.45) is 27.7. The molecular formula is C44H42N2O6S4. The molecule has 12 heteroatoms. The van der Waals surface area contributed by atoms with Gasteiger partial charge in [0, 0.05) is 50.1 Å². The molecule has 0 bridgehead atoms. The van der Waals surface area contributed by atoms with Gasteiger partial charge in [-0.3, -0.25) is 13.2 Å². The average Bonchev–Trinajstić information content (AvgIpc) is 3.96. The van der Waals surface area contributed by atoms with Crippen molar-refractivity contribution in [1.29, 1.82) is 0 Å². The number of hydrogen-bond donors (Lipinski definition) is 1. The summed E-state index contributed by atoms with van der Waals surface area (Å²) in [6, 6.07) is 8.72. The van der Waals surface area contributed by atoms with Crippen LogP contribution in [0.1, 0.15) is 54.7 Å². The lowest BCUT2D eigenvalue weighted by Gasteiger charge is -2.36. The van der Waals surface area contributed by atoms with Gasteiger partial charge in [0.15, 0.2) is 6.54 Å². The van der Waals surface area contributed by atoms with Gasteiger partial charge in [0.25, 0.3) is 5.01 Å². The molecule has 1 N–H and O–H groups in total. The van der Waals surface area contributed by atoms with E-state index in [0.717, 1.165) is 66.2 Å². The smallest absolute Gasteiger partial charge is 0.316 e. The lowest BCUT2D eigenvalue weighted by Crippen LogP contribution is -2.39. The molecule has 0 spiro atoms. The van der Waals surface area contributed by atoms with Crippen LogP contribution in [0.15, 0.2) is 86.9 Å². The minimum atomic E-state index is -1.51. The number of carboxylic acids is 2. The number of aryl methyl sites for hydroxylation is 1. The number of carbonyl (C=O) groups is 2. The van der Waals surface area contributed by atoms with E-state index < -0.39 is 39.3 Å². The summed E-state index contributed by atoms with van der Waals surface area (Å²) < 4.78 is 28.7. The number of benzene rings is 2. The van der Waals surface area contributed by atoms with E-state index in [1.54, 1.807) is 23.1 Å². The Balaban J connectivity index is 1.02. The zero-order valence-electron chi connectivity index (χ0n) is 30.9. The second-order valence-corrected chi connectivity index (χ2v) is 20.5. The van der Waals surface area contributed by atoms with Crippen molar-refractivity contribution in [2.75, 3.05) is 34.5 Å². The Morgan fingerprint density at radius 3 is 2.62 bits per heavy atom. The van der Waals surface area contributed by atoms with Crippen LogP contribution in [-0.2, 0) is 44.2 Å². The maximum absolute atomic E-state index is 12.6. The molecule has 288 valence electrons. The van der Waals surface area contributed by atoms with Gasteiger partial charge in [-0.05, 0) is 108 Å². The fraction of sp³-hybridized carbons (Fsp3) is 0.341. The van der Waals surface area contributed by atoms with Gasteiger partial charge >= 0.3 is 5.97 Å². The predicted octanol–water partition coefficient (Wildman–Crippen LogP) is 4.89. The van der Waals surface area contributed by atoms with E-state index in [-0.39, 0.29) is 17.3 Å². The molecule has 5 aliphatic carbocycles. The lowest BCUT2D eigenvalue weighted by molar-refractivity contribution is -0.664. The first kappa shape index (κ1) is 37.5. The van der Waals surface area contributed by atoms with Crippen molar-refractivity contribution in [2.24, 2.45) is 11.8 Å². The summed E-state index contributed by atoms with van der Waals surface area (Å²) in [6.45, 7) is 0.965. The zero-order chi connectivity index (χ0) is 38.5. The number of fused-ring (bicyclic) bond motifs is 8. The molecule has 0 radical (unpaired) electrons. The molecule has 1 aliphatic heterocycles. The molecule has 1 aromatic heterocycles. The van der Waals surface area contributed by atoms with Crippen molar-refractivity contribution in [3.63, 3.8) is 0 Å². The van der Waals surface area contributed by atoms with Crippen LogP contribution in [-0.4, -0.2) is 55.0 Å². The van der Waals surface area contributed by atoms with Crippen molar-refractivity contribution in [3.05, 3.63) is 109 Å². The Kier molecular flexibility index (Phi) is 10.5. The lowest BCUT2D eigenvalue weighted by atomic mass is 9.69. The third kappa shape index (κ3) is 7.53. The number of thiazole rings is 1. The molecule has 2 aromatic carbocycles. The zero-order valence-corrected chi connectivity index (χ0v) is 34.1. The number of nitrogens with zero attached hydrogens (tertiary/aromatic N) is 2. The summed E-state index contributed by atoms with van der Waals surface area (Å²) in [5, 5.41) is 25.0. The van der Waals surface area contributed by atoms with E-state index >= 15 is 0 Å². The Labute approximate surface area is 339 Å². The second-order valence-electron chi connectivity index (χ2n) is 15.3. The molecule has 0 saturated carbocycles. The van der Waals surface area contributed by atoms with Crippen LogP contribution in [0, 0.1) is 11.8 Å². The van der Waals surface area contributed by atoms with Crippen LogP contribution in [0.25, 0.3) is 34.5 Å². The third-order valence-corrected chi connectivity index (χ3v) is 16.2. The molecule has 6 aliphatic rings. The molecule has 9 rings (SSSR count). The molecular weight excluding hydrogens is 781 g/mol. The van der Waals surface area contributed by atoms with E-state index in [2.05, 4.69) is 88.4 Å². The molecule has 2 heterocycles. The van der Waals surface area contributed by atoms with Crippen LogP contribution < -0.4 is 25.0 Å². The van der Waals surface area contributed by atoms with Gasteiger partial charge in [0.2, 0.25) is 5.52 Å². The second kappa shape index (κ2) is 15.7. The van der Waals surface area contributed by atoms with Gasteiger partial charge in [-0.25, -0.2) is 0 Å². The van der Waals surface area contributed by atoms with Crippen LogP contribution in [0.4, 0.5) is 5.69 Å². The average molecular weight is 823 g/mol. The first-order valence-electron chi connectivity index (χ1n) is 19.3. The van der Waals surface area contributed by atoms with E-state index in [9.17, 15) is 28.2 Å². The number of anilines is 1. The summed E-state index contributed by atoms with van der Waals surface area (Å²) in [7, 11) is -2.96. The van der Waals surface area contributed by atoms with Crippen LogP contribution in [0.5, 0.6) is 0 Å². The number of hydrogen-bond acceptors (Lipinski definition) is 8. The monoisotopic (exact) mass is 822 g/mol. The largest absolute Gasteiger partial charge is 0.549 e. The van der Waals surface area contributed by atoms with Gasteiger partial charge in [-0.2, -0.15) is 4.57 Å². The fourth-order valence-corrected chi connectivity index (χ4v) is 13.0. The first-order valence-corrected chi connectivity index (χ1v) is 23.9. The minimum absolute atomic E-state index is 0.251. The molecule has 4 atom stereocenters. The highest BCUT2D eigenvalue weighted by atomic mass is 32.2. The van der Waals surface area contributed by atoms with Crippen molar-refractivity contribution in [3.8, 4) is 0 Å². The Bertz CT molecular complexity index is 2570. The number of aromatic nitrogens is 1. The minimum Gasteiger partial charge on any atom is -0.549 e. The summed E-state index contributed by atoms with van der Waals surface area (Å²) in [4.78, 5) is 25.8. The molecule has 0 fully saturated rings. The van der Waals surface area contributed by atoms with Crippen molar-refractivity contribution in [1.82, 2.24) is 0 Å². The van der Waals surface area contributed by atoms with E-state index in [4.69, 9.17) is 0 Å². The summed E-state index contributed by atoms with van der Waals surface area (Å²) in [5.41, 5.74) is 10.1. The quantitative estimate of drug-likeness (QED) is 0.257. The highest BCUT2D eigenvalue weighted by Crippen LogP contribution is 2.48. The highest BCUT2D eigenvalue weighted by molar-refractivity contribution is 8.03. The van der Waals surface area contributed by atoms with Gasteiger partial charge in [0.1, 0.15) is 10.5 Å². The van der Waals surface area contributed by atoms with E-state index in [0.29, 0.717) is 24.9 Å². The maximum Gasteiger partial charge on any atom is 0.316 e. The number of carboxylic acid groups (broad SMARTS) is 2. The number of aliphatic carboxylic acids is 2. The number of thioether (sulfide) groups is 1. The number of allylic oxidation sites excluding steroid dienone is 9.